The maximum Gasteiger partial charge on any atom is 0.263 e. The molecule has 0 aliphatic rings. The van der Waals surface area contributed by atoms with Crippen molar-refractivity contribution < 1.29 is 4.79 Å². The van der Waals surface area contributed by atoms with E-state index in [0.29, 0.717) is 11.4 Å². The highest BCUT2D eigenvalue weighted by Gasteiger charge is 2.12. The third-order valence-corrected chi connectivity index (χ3v) is 5.78. The van der Waals surface area contributed by atoms with Crippen LogP contribution in [0.5, 0.6) is 0 Å². The van der Waals surface area contributed by atoms with Gasteiger partial charge in [-0.2, -0.15) is 0 Å². The van der Waals surface area contributed by atoms with E-state index in [0.717, 1.165) is 19.1 Å². The lowest BCUT2D eigenvalue weighted by molar-refractivity contribution is 0.0955. The van der Waals surface area contributed by atoms with Gasteiger partial charge in [0, 0.05) is 4.88 Å². The van der Waals surface area contributed by atoms with E-state index in [4.69, 9.17) is 11.6 Å². The molecule has 0 aromatic carbocycles. The molecule has 0 unspecified atom stereocenters. The minimum atomic E-state index is -0.102. The van der Waals surface area contributed by atoms with Crippen LogP contribution in [0.15, 0.2) is 35.8 Å². The fourth-order valence-corrected chi connectivity index (χ4v) is 4.26. The molecular weight excluding hydrogens is 332 g/mol. The van der Waals surface area contributed by atoms with Gasteiger partial charge in [-0.3, -0.25) is 4.79 Å². The summed E-state index contributed by atoms with van der Waals surface area (Å²) < 4.78 is 0.729. The van der Waals surface area contributed by atoms with Crippen LogP contribution in [-0.2, 0) is 6.54 Å². The molecule has 3 nitrogen and oxygen atoms in total. The number of amides is 1. The lowest BCUT2D eigenvalue weighted by atomic mass is 10.4. The van der Waals surface area contributed by atoms with Gasteiger partial charge in [0.2, 0.25) is 0 Å². The van der Waals surface area contributed by atoms with Crippen LogP contribution < -0.4 is 5.32 Å². The summed E-state index contributed by atoms with van der Waals surface area (Å²) >= 11 is 10.3. The average Bonchev–Trinajstić information content (AvgIpc) is 3.16. The Kier molecular flexibility index (Phi) is 4.16. The number of hydrogen-bond acceptors (Lipinski definition) is 5. The van der Waals surface area contributed by atoms with Gasteiger partial charge >= 0.3 is 0 Å². The van der Waals surface area contributed by atoms with Crippen molar-refractivity contribution in [3.8, 4) is 9.88 Å². The molecule has 0 fully saturated rings. The molecule has 3 aromatic heterocycles. The highest BCUT2D eigenvalue weighted by Crippen LogP contribution is 2.29. The molecule has 0 radical (unpaired) electrons. The van der Waals surface area contributed by atoms with Crippen molar-refractivity contribution in [3.05, 3.63) is 49.9 Å². The largest absolute Gasteiger partial charge is 0.346 e. The van der Waals surface area contributed by atoms with E-state index in [-0.39, 0.29) is 5.91 Å². The first-order valence-corrected chi connectivity index (χ1v) is 8.63. The zero-order valence-corrected chi connectivity index (χ0v) is 13.3. The van der Waals surface area contributed by atoms with Crippen LogP contribution in [0.2, 0.25) is 4.34 Å². The van der Waals surface area contributed by atoms with Gasteiger partial charge in [-0.1, -0.05) is 17.7 Å². The third kappa shape index (κ3) is 3.09. The van der Waals surface area contributed by atoms with Crippen LogP contribution in [-0.4, -0.2) is 10.9 Å². The monoisotopic (exact) mass is 340 g/mol. The van der Waals surface area contributed by atoms with Crippen molar-refractivity contribution >= 4 is 51.5 Å². The molecule has 102 valence electrons. The molecule has 0 bridgehead atoms. The fraction of sp³-hybridized carbons (Fsp3) is 0.0769. The van der Waals surface area contributed by atoms with Gasteiger partial charge in [0.15, 0.2) is 0 Å². The van der Waals surface area contributed by atoms with Gasteiger partial charge in [0.1, 0.15) is 9.88 Å². The van der Waals surface area contributed by atoms with Gasteiger partial charge in [0.05, 0.1) is 22.0 Å². The number of aromatic nitrogens is 1. The predicted molar refractivity (Wildman–Crippen MR) is 85.9 cm³/mol. The van der Waals surface area contributed by atoms with Crippen molar-refractivity contribution in [1.82, 2.24) is 10.3 Å². The SMILES string of the molecule is O=C(NCc1ccc(Cl)s1)c1cnc(-c2cccs2)s1. The lowest BCUT2D eigenvalue weighted by Gasteiger charge is -2.00. The molecular formula is C13H9ClN2OS3. The third-order valence-electron chi connectivity index (χ3n) is 2.51. The number of thiophene rings is 2. The highest BCUT2D eigenvalue weighted by molar-refractivity contribution is 7.22. The first-order valence-electron chi connectivity index (χ1n) is 5.74. The Morgan fingerprint density at radius 3 is 2.90 bits per heavy atom. The second-order valence-corrected chi connectivity index (χ2v) is 7.67. The summed E-state index contributed by atoms with van der Waals surface area (Å²) in [6, 6.07) is 7.72. The summed E-state index contributed by atoms with van der Waals surface area (Å²) in [5, 5.41) is 5.75. The van der Waals surface area contributed by atoms with Crippen molar-refractivity contribution in [2.45, 2.75) is 6.54 Å². The normalized spacial score (nSPS) is 10.7. The highest BCUT2D eigenvalue weighted by atomic mass is 35.5. The number of thiazole rings is 1. The molecule has 1 amide bonds. The Morgan fingerprint density at radius 2 is 2.20 bits per heavy atom. The molecule has 0 spiro atoms. The first kappa shape index (κ1) is 13.8. The topological polar surface area (TPSA) is 42.0 Å². The second kappa shape index (κ2) is 6.05. The van der Waals surface area contributed by atoms with Gasteiger partial charge < -0.3 is 5.32 Å². The van der Waals surface area contributed by atoms with Gasteiger partial charge in [-0.25, -0.2) is 4.98 Å². The van der Waals surface area contributed by atoms with Crippen molar-refractivity contribution in [3.63, 3.8) is 0 Å². The molecule has 3 heterocycles. The Morgan fingerprint density at radius 1 is 1.30 bits per heavy atom. The van der Waals surface area contributed by atoms with Crippen LogP contribution in [0.25, 0.3) is 9.88 Å². The molecule has 7 heteroatoms. The fourth-order valence-electron chi connectivity index (χ4n) is 1.59. The van der Waals surface area contributed by atoms with E-state index < -0.39 is 0 Å². The molecule has 20 heavy (non-hydrogen) atoms. The van der Waals surface area contributed by atoms with E-state index >= 15 is 0 Å². The summed E-state index contributed by atoms with van der Waals surface area (Å²) in [6.45, 7) is 0.489. The number of carbonyl (C=O) groups is 1. The minimum absolute atomic E-state index is 0.102. The Hall–Kier alpha value is -1.21. The van der Waals surface area contributed by atoms with E-state index in [1.54, 1.807) is 17.5 Å². The van der Waals surface area contributed by atoms with Crippen LogP contribution in [0.4, 0.5) is 0 Å². The molecule has 0 aliphatic heterocycles. The Labute approximate surface area is 132 Å². The maximum atomic E-state index is 12.0. The van der Waals surface area contributed by atoms with Crippen molar-refractivity contribution in [2.24, 2.45) is 0 Å². The minimum Gasteiger partial charge on any atom is -0.346 e. The predicted octanol–water partition coefficient (Wildman–Crippen LogP) is 4.52. The number of rotatable bonds is 4. The summed E-state index contributed by atoms with van der Waals surface area (Å²) in [6.07, 6.45) is 1.62. The molecule has 0 atom stereocenters. The van der Waals surface area contributed by atoms with E-state index in [1.165, 1.54) is 22.7 Å². The Balaban J connectivity index is 1.65. The molecule has 3 aromatic rings. The second-order valence-electron chi connectivity index (χ2n) is 3.90. The molecule has 0 saturated heterocycles. The van der Waals surface area contributed by atoms with Crippen molar-refractivity contribution in [2.75, 3.05) is 0 Å². The van der Waals surface area contributed by atoms with Crippen LogP contribution >= 0.6 is 45.6 Å². The zero-order chi connectivity index (χ0) is 13.9. The number of nitrogens with one attached hydrogen (secondary N) is 1. The molecule has 1 N–H and O–H groups in total. The summed E-state index contributed by atoms with van der Waals surface area (Å²) in [4.78, 5) is 19.1. The summed E-state index contributed by atoms with van der Waals surface area (Å²) in [5.41, 5.74) is 0. The zero-order valence-electron chi connectivity index (χ0n) is 10.1. The molecule has 0 saturated carbocycles. The summed E-state index contributed by atoms with van der Waals surface area (Å²) in [5.74, 6) is -0.102. The standard InChI is InChI=1S/C13H9ClN2OS3/c14-11-4-3-8(19-11)6-15-12(17)10-7-16-13(20-10)9-2-1-5-18-9/h1-5,7H,6H2,(H,15,17). The van der Waals surface area contributed by atoms with E-state index in [2.05, 4.69) is 10.3 Å². The van der Waals surface area contributed by atoms with Gasteiger partial charge in [-0.05, 0) is 23.6 Å². The number of nitrogens with zero attached hydrogens (tertiary/aromatic N) is 1. The summed E-state index contributed by atoms with van der Waals surface area (Å²) in [7, 11) is 0. The average molecular weight is 341 g/mol. The van der Waals surface area contributed by atoms with E-state index in [1.807, 2.05) is 29.6 Å². The van der Waals surface area contributed by atoms with Crippen LogP contribution in [0.1, 0.15) is 14.5 Å². The van der Waals surface area contributed by atoms with E-state index in [9.17, 15) is 4.79 Å². The number of carbonyl (C=O) groups excluding carboxylic acids is 1. The van der Waals surface area contributed by atoms with Gasteiger partial charge in [0.25, 0.3) is 5.91 Å². The number of hydrogen-bond donors (Lipinski definition) is 1. The van der Waals surface area contributed by atoms with Gasteiger partial charge in [-0.15, -0.1) is 34.0 Å². The smallest absolute Gasteiger partial charge is 0.263 e. The Bertz CT molecular complexity index is 718. The molecule has 3 rings (SSSR count). The molecule has 0 aliphatic carbocycles. The maximum absolute atomic E-state index is 12.0. The number of halogens is 1. The lowest BCUT2D eigenvalue weighted by Crippen LogP contribution is -2.21. The quantitative estimate of drug-likeness (QED) is 0.758. The van der Waals surface area contributed by atoms with Crippen molar-refractivity contribution in [1.29, 1.82) is 0 Å². The van der Waals surface area contributed by atoms with Crippen LogP contribution in [0.3, 0.4) is 0 Å². The first-order chi connectivity index (χ1) is 9.72. The van der Waals surface area contributed by atoms with Crippen LogP contribution in [0, 0.1) is 0 Å².